The molecule has 3 rings (SSSR count). The van der Waals surface area contributed by atoms with Crippen molar-refractivity contribution in [3.8, 4) is 10.7 Å². The van der Waals surface area contributed by atoms with E-state index >= 15 is 0 Å². The predicted molar refractivity (Wildman–Crippen MR) is 88.0 cm³/mol. The number of aromatic nitrogens is 3. The lowest BCUT2D eigenvalue weighted by atomic mass is 10.3. The van der Waals surface area contributed by atoms with Crippen molar-refractivity contribution in [1.29, 1.82) is 0 Å². The Morgan fingerprint density at radius 3 is 2.70 bits per heavy atom. The van der Waals surface area contributed by atoms with Gasteiger partial charge < -0.3 is 4.57 Å². The largest absolute Gasteiger partial charge is 0.433 e. The zero-order valence-corrected chi connectivity index (χ0v) is 14.4. The summed E-state index contributed by atoms with van der Waals surface area (Å²) in [4.78, 5) is 11.2. The van der Waals surface area contributed by atoms with E-state index in [2.05, 4.69) is 23.0 Å². The van der Waals surface area contributed by atoms with Gasteiger partial charge in [0, 0.05) is 16.8 Å². The fourth-order valence-corrected chi connectivity index (χ4v) is 4.46. The van der Waals surface area contributed by atoms with Crippen LogP contribution in [-0.2, 0) is 13.2 Å². The number of thiophene rings is 1. The van der Waals surface area contributed by atoms with E-state index in [4.69, 9.17) is 0 Å². The van der Waals surface area contributed by atoms with Crippen molar-refractivity contribution in [2.24, 2.45) is 7.05 Å². The first-order valence-electron chi connectivity index (χ1n) is 6.94. The van der Waals surface area contributed by atoms with Crippen molar-refractivity contribution in [3.63, 3.8) is 0 Å². The number of thioether (sulfide) groups is 1. The van der Waals surface area contributed by atoms with Gasteiger partial charge in [-0.15, -0.1) is 23.1 Å². The molecule has 3 nitrogen and oxygen atoms in total. The van der Waals surface area contributed by atoms with Crippen molar-refractivity contribution >= 4 is 34.1 Å². The quantitative estimate of drug-likeness (QED) is 0.609. The van der Waals surface area contributed by atoms with Gasteiger partial charge in [0.2, 0.25) is 0 Å². The Morgan fingerprint density at radius 1 is 1.30 bits per heavy atom. The van der Waals surface area contributed by atoms with Crippen molar-refractivity contribution in [2.75, 3.05) is 5.75 Å². The predicted octanol–water partition coefficient (Wildman–Crippen LogP) is 5.14. The van der Waals surface area contributed by atoms with Crippen LogP contribution in [0.2, 0.25) is 0 Å². The van der Waals surface area contributed by atoms with Gasteiger partial charge in [0.1, 0.15) is 5.69 Å². The number of alkyl halides is 3. The van der Waals surface area contributed by atoms with Crippen LogP contribution in [0.25, 0.3) is 21.7 Å². The van der Waals surface area contributed by atoms with E-state index in [1.165, 1.54) is 6.20 Å². The Balaban J connectivity index is 2.17. The van der Waals surface area contributed by atoms with Crippen LogP contribution in [0.15, 0.2) is 23.2 Å². The third kappa shape index (κ3) is 2.97. The van der Waals surface area contributed by atoms with Crippen LogP contribution in [0, 0.1) is 6.92 Å². The van der Waals surface area contributed by atoms with Gasteiger partial charge in [-0.3, -0.25) is 0 Å². The molecule has 0 fully saturated rings. The summed E-state index contributed by atoms with van der Waals surface area (Å²) < 4.78 is 40.2. The molecule has 0 aliphatic heterocycles. The first kappa shape index (κ1) is 16.3. The normalized spacial score (nSPS) is 12.3. The highest BCUT2D eigenvalue weighted by atomic mass is 32.2. The molecule has 0 unspecified atom stereocenters. The highest BCUT2D eigenvalue weighted by molar-refractivity contribution is 7.99. The maximum absolute atomic E-state index is 12.8. The number of nitrogens with zero attached hydrogens (tertiary/aromatic N) is 3. The Kier molecular flexibility index (Phi) is 4.14. The molecule has 8 heteroatoms. The van der Waals surface area contributed by atoms with Crippen LogP contribution < -0.4 is 0 Å². The number of aryl methyl sites for hydroxylation is 2. The summed E-state index contributed by atoms with van der Waals surface area (Å²) in [6, 6.07) is 3.10. The Bertz CT molecular complexity index is 865. The second-order valence-electron chi connectivity index (χ2n) is 5.03. The van der Waals surface area contributed by atoms with Crippen LogP contribution in [-0.4, -0.2) is 20.3 Å². The maximum atomic E-state index is 12.8. The summed E-state index contributed by atoms with van der Waals surface area (Å²) in [5, 5.41) is 0. The van der Waals surface area contributed by atoms with Crippen molar-refractivity contribution in [1.82, 2.24) is 14.5 Å². The van der Waals surface area contributed by atoms with Crippen LogP contribution in [0.1, 0.15) is 17.5 Å². The maximum Gasteiger partial charge on any atom is 0.433 e. The number of hydrogen-bond donors (Lipinski definition) is 0. The Hall–Kier alpha value is -1.54. The van der Waals surface area contributed by atoms with Gasteiger partial charge >= 0.3 is 6.18 Å². The molecular weight excluding hydrogens is 343 g/mol. The van der Waals surface area contributed by atoms with Crippen molar-refractivity contribution in [3.05, 3.63) is 28.9 Å². The molecule has 0 aromatic carbocycles. The van der Waals surface area contributed by atoms with Gasteiger partial charge in [-0.05, 0) is 24.8 Å². The lowest BCUT2D eigenvalue weighted by molar-refractivity contribution is -0.141. The van der Waals surface area contributed by atoms with Gasteiger partial charge in [0.15, 0.2) is 5.82 Å². The molecule has 23 heavy (non-hydrogen) atoms. The molecule has 122 valence electrons. The highest BCUT2D eigenvalue weighted by Gasteiger charge is 2.33. The summed E-state index contributed by atoms with van der Waals surface area (Å²) in [5.41, 5.74) is -0.0185. The zero-order valence-electron chi connectivity index (χ0n) is 12.7. The summed E-state index contributed by atoms with van der Waals surface area (Å²) in [7, 11) is 1.80. The fourth-order valence-electron chi connectivity index (χ4n) is 2.36. The minimum atomic E-state index is -4.46. The van der Waals surface area contributed by atoms with Crippen LogP contribution in [0.5, 0.6) is 0 Å². The van der Waals surface area contributed by atoms with E-state index in [1.807, 2.05) is 6.92 Å². The molecule has 3 heterocycles. The Morgan fingerprint density at radius 2 is 2.04 bits per heavy atom. The molecule has 0 radical (unpaired) electrons. The van der Waals surface area contributed by atoms with Crippen molar-refractivity contribution < 1.29 is 13.2 Å². The summed E-state index contributed by atoms with van der Waals surface area (Å²) in [6.07, 6.45) is -3.23. The standard InChI is InChI=1S/C15H14F3N3S2/c1-4-22-11-5-8(2)23-13(11)14-20-9-6-12(15(16,17)18)19-7-10(9)21(14)3/h5-7H,4H2,1-3H3. The van der Waals surface area contributed by atoms with Gasteiger partial charge in [-0.2, -0.15) is 13.2 Å². The van der Waals surface area contributed by atoms with Crippen LogP contribution in [0.3, 0.4) is 0 Å². The fraction of sp³-hybridized carbons (Fsp3) is 0.333. The number of hydrogen-bond acceptors (Lipinski definition) is 4. The van der Waals surface area contributed by atoms with Crippen LogP contribution >= 0.6 is 23.1 Å². The molecule has 0 atom stereocenters. The van der Waals surface area contributed by atoms with E-state index in [0.717, 1.165) is 26.5 Å². The second-order valence-corrected chi connectivity index (χ2v) is 7.60. The second kappa shape index (κ2) is 5.83. The molecule has 0 N–H and O–H groups in total. The van der Waals surface area contributed by atoms with Gasteiger partial charge in [0.05, 0.1) is 22.1 Å². The number of fused-ring (bicyclic) bond motifs is 1. The molecule has 0 aliphatic rings. The number of rotatable bonds is 3. The Labute approximate surface area is 139 Å². The molecule has 0 spiro atoms. The molecule has 0 saturated heterocycles. The minimum Gasteiger partial charge on any atom is -0.325 e. The van der Waals surface area contributed by atoms with Crippen LogP contribution in [0.4, 0.5) is 13.2 Å². The average molecular weight is 357 g/mol. The van der Waals surface area contributed by atoms with E-state index < -0.39 is 11.9 Å². The SMILES string of the molecule is CCSc1cc(C)sc1-c1nc2cc(C(F)(F)F)ncc2n1C. The molecule has 0 saturated carbocycles. The topological polar surface area (TPSA) is 30.7 Å². The van der Waals surface area contributed by atoms with Crippen molar-refractivity contribution in [2.45, 2.75) is 24.9 Å². The molecule has 0 amide bonds. The van der Waals surface area contributed by atoms with E-state index in [-0.39, 0.29) is 0 Å². The van der Waals surface area contributed by atoms with E-state index in [1.54, 1.807) is 34.7 Å². The first-order valence-corrected chi connectivity index (χ1v) is 8.74. The molecule has 0 bridgehead atoms. The van der Waals surface area contributed by atoms with Gasteiger partial charge in [0.25, 0.3) is 0 Å². The third-order valence-corrected chi connectivity index (χ3v) is 5.48. The average Bonchev–Trinajstić information content (AvgIpc) is 2.99. The number of pyridine rings is 1. The molecule has 3 aromatic rings. The van der Waals surface area contributed by atoms with E-state index in [9.17, 15) is 13.2 Å². The molecule has 3 aromatic heterocycles. The highest BCUT2D eigenvalue weighted by Crippen LogP contribution is 2.39. The number of imidazole rings is 1. The smallest absolute Gasteiger partial charge is 0.325 e. The lowest BCUT2D eigenvalue weighted by Crippen LogP contribution is -2.07. The summed E-state index contributed by atoms with van der Waals surface area (Å²) in [6.45, 7) is 4.08. The van der Waals surface area contributed by atoms with Gasteiger partial charge in [-0.1, -0.05) is 6.92 Å². The lowest BCUT2D eigenvalue weighted by Gasteiger charge is -2.05. The summed E-state index contributed by atoms with van der Waals surface area (Å²) in [5.74, 6) is 1.60. The minimum absolute atomic E-state index is 0.309. The van der Waals surface area contributed by atoms with E-state index in [0.29, 0.717) is 16.9 Å². The summed E-state index contributed by atoms with van der Waals surface area (Å²) >= 11 is 3.30. The van der Waals surface area contributed by atoms with Gasteiger partial charge in [-0.25, -0.2) is 9.97 Å². The third-order valence-electron chi connectivity index (χ3n) is 3.38. The first-order chi connectivity index (χ1) is 10.8. The molecular formula is C15H14F3N3S2. The zero-order chi connectivity index (χ0) is 16.8. The molecule has 0 aliphatic carbocycles. The number of halogens is 3. The monoisotopic (exact) mass is 357 g/mol.